The van der Waals surface area contributed by atoms with Gasteiger partial charge >= 0.3 is 0 Å². The van der Waals surface area contributed by atoms with Gasteiger partial charge in [0, 0.05) is 11.1 Å². The molecule has 2 aromatic carbocycles. The minimum atomic E-state index is -3.64. The minimum absolute atomic E-state index is 0.204. The van der Waals surface area contributed by atoms with Gasteiger partial charge in [0.05, 0.1) is 0 Å². The number of hydrogen-bond donors (Lipinski definition) is 1. The van der Waals surface area contributed by atoms with Crippen molar-refractivity contribution in [2.75, 3.05) is 5.32 Å². The van der Waals surface area contributed by atoms with E-state index in [1.165, 1.54) is 11.3 Å². The lowest BCUT2D eigenvalue weighted by molar-refractivity contribution is 0.599. The number of amidine groups is 1. The van der Waals surface area contributed by atoms with Crippen LogP contribution in [0.3, 0.4) is 0 Å². The van der Waals surface area contributed by atoms with Crippen LogP contribution in [0.2, 0.25) is 0 Å². The van der Waals surface area contributed by atoms with E-state index in [4.69, 9.17) is 0 Å². The van der Waals surface area contributed by atoms with Crippen LogP contribution in [0, 0.1) is 0 Å². The molecule has 1 aliphatic rings. The fourth-order valence-corrected chi connectivity index (χ4v) is 4.19. The SMILES string of the molecule is O=S1(=O)N=C(Nc2nnc(-c3ccccc3)s2)c2ccccc21. The van der Waals surface area contributed by atoms with Gasteiger partial charge in [-0.3, -0.25) is 0 Å². The van der Waals surface area contributed by atoms with E-state index in [1.807, 2.05) is 30.3 Å². The Labute approximate surface area is 136 Å². The Morgan fingerprint density at radius 3 is 2.48 bits per heavy atom. The molecule has 0 unspecified atom stereocenters. The number of anilines is 1. The maximum atomic E-state index is 12.0. The van der Waals surface area contributed by atoms with Gasteiger partial charge in [0.15, 0.2) is 5.84 Å². The molecular formula is C15H10N4O2S2. The molecule has 0 aliphatic carbocycles. The lowest BCUT2D eigenvalue weighted by Gasteiger charge is -2.01. The van der Waals surface area contributed by atoms with E-state index in [1.54, 1.807) is 24.3 Å². The van der Waals surface area contributed by atoms with Gasteiger partial charge in [-0.2, -0.15) is 8.42 Å². The van der Waals surface area contributed by atoms with Gasteiger partial charge in [-0.05, 0) is 12.1 Å². The predicted molar refractivity (Wildman–Crippen MR) is 89.1 cm³/mol. The maximum absolute atomic E-state index is 12.0. The lowest BCUT2D eigenvalue weighted by atomic mass is 10.2. The zero-order valence-electron chi connectivity index (χ0n) is 11.7. The van der Waals surface area contributed by atoms with Gasteiger partial charge in [0.25, 0.3) is 10.0 Å². The van der Waals surface area contributed by atoms with Crippen molar-refractivity contribution in [1.29, 1.82) is 0 Å². The summed E-state index contributed by atoms with van der Waals surface area (Å²) in [6, 6.07) is 16.4. The highest BCUT2D eigenvalue weighted by Crippen LogP contribution is 2.29. The van der Waals surface area contributed by atoms with Gasteiger partial charge in [0.2, 0.25) is 5.13 Å². The summed E-state index contributed by atoms with van der Waals surface area (Å²) in [7, 11) is -3.64. The van der Waals surface area contributed by atoms with Crippen LogP contribution in [-0.4, -0.2) is 24.5 Å². The highest BCUT2D eigenvalue weighted by Gasteiger charge is 2.28. The third-order valence-corrected chi connectivity index (χ3v) is 5.53. The summed E-state index contributed by atoms with van der Waals surface area (Å²) in [5.74, 6) is 0.274. The van der Waals surface area contributed by atoms with Crippen molar-refractivity contribution < 1.29 is 8.42 Å². The third-order valence-electron chi connectivity index (χ3n) is 3.30. The van der Waals surface area contributed by atoms with Crippen molar-refractivity contribution in [2.45, 2.75) is 4.90 Å². The summed E-state index contributed by atoms with van der Waals surface area (Å²) in [4.78, 5) is 0.204. The predicted octanol–water partition coefficient (Wildman–Crippen LogP) is 2.77. The Kier molecular flexibility index (Phi) is 3.21. The molecule has 0 bridgehead atoms. The Morgan fingerprint density at radius 1 is 0.913 bits per heavy atom. The second-order valence-electron chi connectivity index (χ2n) is 4.81. The normalized spacial score (nSPS) is 15.0. The number of benzene rings is 2. The summed E-state index contributed by atoms with van der Waals surface area (Å²) in [5.41, 5.74) is 1.50. The van der Waals surface area contributed by atoms with Crippen LogP contribution in [0.15, 0.2) is 63.9 Å². The van der Waals surface area contributed by atoms with E-state index >= 15 is 0 Å². The van der Waals surface area contributed by atoms with Crippen molar-refractivity contribution in [3.8, 4) is 10.6 Å². The van der Waals surface area contributed by atoms with E-state index < -0.39 is 10.0 Å². The van der Waals surface area contributed by atoms with Gasteiger partial charge < -0.3 is 5.32 Å². The summed E-state index contributed by atoms with van der Waals surface area (Å²) >= 11 is 1.34. The van der Waals surface area contributed by atoms with Gasteiger partial charge in [-0.1, -0.05) is 53.8 Å². The number of aromatic nitrogens is 2. The molecule has 1 aromatic heterocycles. The summed E-state index contributed by atoms with van der Waals surface area (Å²) in [6.07, 6.45) is 0. The van der Waals surface area contributed by atoms with Gasteiger partial charge in [-0.15, -0.1) is 14.6 Å². The second-order valence-corrected chi connectivity index (χ2v) is 7.36. The van der Waals surface area contributed by atoms with Crippen LogP contribution >= 0.6 is 11.3 Å². The van der Waals surface area contributed by atoms with Crippen LogP contribution in [0.4, 0.5) is 5.13 Å². The molecule has 0 atom stereocenters. The largest absolute Gasteiger partial charge is 0.314 e. The number of sulfonamides is 1. The molecule has 4 rings (SSSR count). The highest BCUT2D eigenvalue weighted by molar-refractivity contribution is 7.90. The van der Waals surface area contributed by atoms with Crippen LogP contribution < -0.4 is 5.32 Å². The maximum Gasteiger partial charge on any atom is 0.285 e. The molecule has 1 aliphatic heterocycles. The second kappa shape index (κ2) is 5.25. The standard InChI is InChI=1S/C15H10N4O2S2/c20-23(21)12-9-5-4-8-11(12)13(19-23)16-15-18-17-14(22-15)10-6-2-1-3-7-10/h1-9H,(H,16,18,19). The van der Waals surface area contributed by atoms with Crippen molar-refractivity contribution in [3.63, 3.8) is 0 Å². The Hall–Kier alpha value is -2.58. The third kappa shape index (κ3) is 2.51. The molecule has 0 fully saturated rings. The van der Waals surface area contributed by atoms with Crippen LogP contribution in [0.5, 0.6) is 0 Å². The van der Waals surface area contributed by atoms with Crippen LogP contribution in [0.25, 0.3) is 10.6 Å². The topological polar surface area (TPSA) is 84.3 Å². The van der Waals surface area contributed by atoms with Crippen molar-refractivity contribution >= 4 is 32.3 Å². The number of hydrogen-bond acceptors (Lipinski definition) is 6. The molecule has 8 heteroatoms. The Balaban J connectivity index is 1.67. The van der Waals surface area contributed by atoms with Gasteiger partial charge in [-0.25, -0.2) is 0 Å². The average molecular weight is 342 g/mol. The Morgan fingerprint density at radius 2 is 1.65 bits per heavy atom. The number of fused-ring (bicyclic) bond motifs is 1. The zero-order valence-corrected chi connectivity index (χ0v) is 13.3. The molecule has 6 nitrogen and oxygen atoms in total. The number of rotatable bonds is 2. The molecule has 3 aromatic rings. The molecule has 2 heterocycles. The fourth-order valence-electron chi connectivity index (χ4n) is 2.27. The summed E-state index contributed by atoms with van der Waals surface area (Å²) < 4.78 is 27.8. The van der Waals surface area contributed by atoms with E-state index in [0.717, 1.165) is 10.6 Å². The number of nitrogens with one attached hydrogen (secondary N) is 1. The molecule has 0 saturated heterocycles. The van der Waals surface area contributed by atoms with E-state index in [-0.39, 0.29) is 10.7 Å². The first-order valence-electron chi connectivity index (χ1n) is 6.74. The van der Waals surface area contributed by atoms with E-state index in [0.29, 0.717) is 10.7 Å². The molecular weight excluding hydrogens is 332 g/mol. The average Bonchev–Trinajstić information content (AvgIpc) is 3.12. The first-order valence-corrected chi connectivity index (χ1v) is 8.99. The van der Waals surface area contributed by atoms with Crippen LogP contribution in [0.1, 0.15) is 5.56 Å². The van der Waals surface area contributed by atoms with Crippen LogP contribution in [-0.2, 0) is 10.0 Å². The Bertz CT molecular complexity index is 1010. The molecule has 114 valence electrons. The highest BCUT2D eigenvalue weighted by atomic mass is 32.2. The summed E-state index contributed by atoms with van der Waals surface area (Å²) in [5, 5.41) is 12.4. The van der Waals surface area contributed by atoms with Gasteiger partial charge in [0.1, 0.15) is 9.90 Å². The van der Waals surface area contributed by atoms with Crippen molar-refractivity contribution in [2.24, 2.45) is 4.40 Å². The molecule has 0 radical (unpaired) electrons. The molecule has 1 N–H and O–H groups in total. The fraction of sp³-hybridized carbons (Fsp3) is 0. The first-order chi connectivity index (χ1) is 11.1. The zero-order chi connectivity index (χ0) is 15.9. The molecule has 0 saturated carbocycles. The summed E-state index contributed by atoms with van der Waals surface area (Å²) in [6.45, 7) is 0. The smallest absolute Gasteiger partial charge is 0.285 e. The monoisotopic (exact) mass is 342 g/mol. The number of nitrogens with zero attached hydrogens (tertiary/aromatic N) is 3. The quantitative estimate of drug-likeness (QED) is 0.774. The van der Waals surface area contributed by atoms with E-state index in [9.17, 15) is 8.42 Å². The molecule has 0 spiro atoms. The molecule has 0 amide bonds. The first kappa shape index (κ1) is 14.0. The van der Waals surface area contributed by atoms with E-state index in [2.05, 4.69) is 19.9 Å². The molecule has 23 heavy (non-hydrogen) atoms. The van der Waals surface area contributed by atoms with Crippen molar-refractivity contribution in [3.05, 3.63) is 60.2 Å². The lowest BCUT2D eigenvalue weighted by Crippen LogP contribution is -2.10. The minimum Gasteiger partial charge on any atom is -0.314 e. The van der Waals surface area contributed by atoms with Crippen molar-refractivity contribution in [1.82, 2.24) is 10.2 Å².